The molecule has 4 rings (SSSR count). The molecule has 6 nitrogen and oxygen atoms in total. The third-order valence-electron chi connectivity index (χ3n) is 4.06. The summed E-state index contributed by atoms with van der Waals surface area (Å²) in [6.07, 6.45) is 2.35. The second kappa shape index (κ2) is 7.17. The van der Waals surface area contributed by atoms with Crippen LogP contribution in [0, 0.1) is 0 Å². The van der Waals surface area contributed by atoms with Gasteiger partial charge in [0.05, 0.1) is 0 Å². The highest BCUT2D eigenvalue weighted by molar-refractivity contribution is 6.30. The predicted molar refractivity (Wildman–Crippen MR) is 99.4 cm³/mol. The van der Waals surface area contributed by atoms with Gasteiger partial charge in [-0.2, -0.15) is 5.10 Å². The minimum atomic E-state index is -0.244. The number of amides is 1. The number of nitrogens with one attached hydrogen (secondary N) is 2. The average molecular weight is 369 g/mol. The molecular formula is C19H17ClN4O2. The maximum atomic E-state index is 12.0. The van der Waals surface area contributed by atoms with E-state index in [1.807, 2.05) is 24.3 Å². The number of ether oxygens (including phenoxy) is 1. The van der Waals surface area contributed by atoms with Crippen LogP contribution in [0.3, 0.4) is 0 Å². The van der Waals surface area contributed by atoms with Crippen LogP contribution < -0.4 is 10.1 Å². The highest BCUT2D eigenvalue weighted by Crippen LogP contribution is 2.38. The molecule has 1 aliphatic rings. The van der Waals surface area contributed by atoms with Crippen LogP contribution >= 0.6 is 11.6 Å². The third-order valence-corrected chi connectivity index (χ3v) is 4.29. The second-order valence-electron chi connectivity index (χ2n) is 6.19. The SMILES string of the molecule is O=C(COc1cccc(Cl)c1)Nc1ccc(-c2n[nH]c(C3CC3)n2)cc1. The van der Waals surface area contributed by atoms with Gasteiger partial charge in [0.15, 0.2) is 12.4 Å². The fraction of sp³-hybridized carbons (Fsp3) is 0.211. The molecule has 0 spiro atoms. The summed E-state index contributed by atoms with van der Waals surface area (Å²) in [4.78, 5) is 16.5. The summed E-state index contributed by atoms with van der Waals surface area (Å²) in [6.45, 7) is -0.0895. The first-order valence-electron chi connectivity index (χ1n) is 8.38. The van der Waals surface area contributed by atoms with E-state index in [1.54, 1.807) is 24.3 Å². The molecule has 26 heavy (non-hydrogen) atoms. The summed E-state index contributed by atoms with van der Waals surface area (Å²) < 4.78 is 5.42. The minimum Gasteiger partial charge on any atom is -0.484 e. The lowest BCUT2D eigenvalue weighted by Crippen LogP contribution is -2.20. The molecule has 1 aliphatic carbocycles. The topological polar surface area (TPSA) is 79.9 Å². The van der Waals surface area contributed by atoms with Crippen molar-refractivity contribution in [2.45, 2.75) is 18.8 Å². The molecule has 7 heteroatoms. The molecule has 2 aromatic carbocycles. The van der Waals surface area contributed by atoms with Gasteiger partial charge >= 0.3 is 0 Å². The van der Waals surface area contributed by atoms with E-state index in [9.17, 15) is 4.79 Å². The maximum Gasteiger partial charge on any atom is 0.262 e. The van der Waals surface area contributed by atoms with E-state index in [-0.39, 0.29) is 12.5 Å². The van der Waals surface area contributed by atoms with Crippen LogP contribution in [0.25, 0.3) is 11.4 Å². The van der Waals surface area contributed by atoms with Gasteiger partial charge in [0.25, 0.3) is 5.91 Å². The van der Waals surface area contributed by atoms with Gasteiger partial charge in [0.2, 0.25) is 0 Å². The Hall–Kier alpha value is -2.86. The lowest BCUT2D eigenvalue weighted by Gasteiger charge is -2.08. The summed E-state index contributed by atoms with van der Waals surface area (Å²) >= 11 is 5.88. The zero-order valence-corrected chi connectivity index (χ0v) is 14.7. The molecule has 1 amide bonds. The highest BCUT2D eigenvalue weighted by atomic mass is 35.5. The number of rotatable bonds is 6. The van der Waals surface area contributed by atoms with Gasteiger partial charge in [-0.3, -0.25) is 9.89 Å². The Morgan fingerprint density at radius 1 is 1.23 bits per heavy atom. The van der Waals surface area contributed by atoms with E-state index in [1.165, 1.54) is 12.8 Å². The number of carbonyl (C=O) groups is 1. The Bertz CT molecular complexity index is 919. The van der Waals surface area contributed by atoms with Gasteiger partial charge in [0, 0.05) is 22.2 Å². The molecule has 1 heterocycles. The van der Waals surface area contributed by atoms with Crippen LogP contribution in [0.1, 0.15) is 24.6 Å². The standard InChI is InChI=1S/C19H17ClN4O2/c20-14-2-1-3-16(10-14)26-11-17(25)21-15-8-6-13(7-9-15)19-22-18(23-24-19)12-4-5-12/h1-3,6-10,12H,4-5,11H2,(H,21,25)(H,22,23,24). The first kappa shape index (κ1) is 16.6. The van der Waals surface area contributed by atoms with Crippen molar-refractivity contribution < 1.29 is 9.53 Å². The number of H-pyrrole nitrogens is 1. The number of carbonyl (C=O) groups excluding carboxylic acids is 1. The number of hydrogen-bond acceptors (Lipinski definition) is 4. The number of aromatic nitrogens is 3. The van der Waals surface area contributed by atoms with Crippen LogP contribution in [0.4, 0.5) is 5.69 Å². The van der Waals surface area contributed by atoms with Crippen molar-refractivity contribution in [3.05, 3.63) is 59.4 Å². The zero-order chi connectivity index (χ0) is 17.9. The zero-order valence-electron chi connectivity index (χ0n) is 13.9. The van der Waals surface area contributed by atoms with Crippen LogP contribution in [0.2, 0.25) is 5.02 Å². The van der Waals surface area contributed by atoms with E-state index < -0.39 is 0 Å². The van der Waals surface area contributed by atoms with Crippen molar-refractivity contribution in [2.75, 3.05) is 11.9 Å². The Morgan fingerprint density at radius 3 is 2.77 bits per heavy atom. The molecule has 1 saturated carbocycles. The predicted octanol–water partition coefficient (Wildman–Crippen LogP) is 4.02. The highest BCUT2D eigenvalue weighted by Gasteiger charge is 2.27. The first-order chi connectivity index (χ1) is 12.7. The van der Waals surface area contributed by atoms with Gasteiger partial charge in [0.1, 0.15) is 11.6 Å². The van der Waals surface area contributed by atoms with Crippen LogP contribution in [-0.2, 0) is 4.79 Å². The van der Waals surface area contributed by atoms with E-state index in [0.29, 0.717) is 28.2 Å². The molecule has 2 N–H and O–H groups in total. The largest absolute Gasteiger partial charge is 0.484 e. The van der Waals surface area contributed by atoms with Gasteiger partial charge in [-0.25, -0.2) is 4.98 Å². The molecule has 0 bridgehead atoms. The van der Waals surface area contributed by atoms with Crippen LogP contribution in [0.15, 0.2) is 48.5 Å². The number of benzene rings is 2. The quantitative estimate of drug-likeness (QED) is 0.688. The number of aromatic amines is 1. The van der Waals surface area contributed by atoms with Gasteiger partial charge in [-0.05, 0) is 55.3 Å². The van der Waals surface area contributed by atoms with Crippen molar-refractivity contribution >= 4 is 23.2 Å². The molecule has 0 saturated heterocycles. The summed E-state index contributed by atoms with van der Waals surface area (Å²) in [7, 11) is 0. The Labute approximate surface area is 155 Å². The van der Waals surface area contributed by atoms with Gasteiger partial charge in [-0.15, -0.1) is 0 Å². The number of halogens is 1. The lowest BCUT2D eigenvalue weighted by molar-refractivity contribution is -0.118. The molecule has 1 fully saturated rings. The molecule has 0 unspecified atom stereocenters. The monoisotopic (exact) mass is 368 g/mol. The van der Waals surface area contributed by atoms with Crippen LogP contribution in [0.5, 0.6) is 5.75 Å². The van der Waals surface area contributed by atoms with E-state index in [2.05, 4.69) is 20.5 Å². The molecule has 132 valence electrons. The molecule has 0 radical (unpaired) electrons. The van der Waals surface area contributed by atoms with Crippen LogP contribution in [-0.4, -0.2) is 27.7 Å². The smallest absolute Gasteiger partial charge is 0.262 e. The minimum absolute atomic E-state index is 0.0895. The molecule has 0 aliphatic heterocycles. The molecular weight excluding hydrogens is 352 g/mol. The third kappa shape index (κ3) is 4.03. The second-order valence-corrected chi connectivity index (χ2v) is 6.63. The molecule has 1 aromatic heterocycles. The normalized spacial score (nSPS) is 13.4. The van der Waals surface area contributed by atoms with Crippen molar-refractivity contribution in [1.82, 2.24) is 15.2 Å². The summed E-state index contributed by atoms with van der Waals surface area (Å²) in [5.74, 6) is 2.48. The van der Waals surface area contributed by atoms with E-state index in [0.717, 1.165) is 11.4 Å². The fourth-order valence-electron chi connectivity index (χ4n) is 2.55. The van der Waals surface area contributed by atoms with E-state index >= 15 is 0 Å². The Balaban J connectivity index is 1.33. The maximum absolute atomic E-state index is 12.0. The fourth-order valence-corrected chi connectivity index (χ4v) is 2.73. The average Bonchev–Trinajstić information content (AvgIpc) is 3.38. The Morgan fingerprint density at radius 2 is 2.04 bits per heavy atom. The number of anilines is 1. The van der Waals surface area contributed by atoms with Crippen molar-refractivity contribution in [3.63, 3.8) is 0 Å². The summed E-state index contributed by atoms with van der Waals surface area (Å²) in [5, 5.41) is 10.6. The Kier molecular flexibility index (Phi) is 4.58. The van der Waals surface area contributed by atoms with Gasteiger partial charge < -0.3 is 10.1 Å². The van der Waals surface area contributed by atoms with E-state index in [4.69, 9.17) is 16.3 Å². The number of hydrogen-bond donors (Lipinski definition) is 2. The van der Waals surface area contributed by atoms with Crippen molar-refractivity contribution in [1.29, 1.82) is 0 Å². The van der Waals surface area contributed by atoms with Gasteiger partial charge in [-0.1, -0.05) is 17.7 Å². The summed E-state index contributed by atoms with van der Waals surface area (Å²) in [5.41, 5.74) is 1.59. The summed E-state index contributed by atoms with van der Waals surface area (Å²) in [6, 6.07) is 14.3. The first-order valence-corrected chi connectivity index (χ1v) is 8.76. The number of nitrogens with zero attached hydrogens (tertiary/aromatic N) is 2. The van der Waals surface area contributed by atoms with Crippen molar-refractivity contribution in [3.8, 4) is 17.1 Å². The van der Waals surface area contributed by atoms with Crippen molar-refractivity contribution in [2.24, 2.45) is 0 Å². The molecule has 0 atom stereocenters. The lowest BCUT2D eigenvalue weighted by atomic mass is 10.2. The molecule has 3 aromatic rings.